The van der Waals surface area contributed by atoms with Crippen molar-refractivity contribution in [2.75, 3.05) is 56.9 Å². The van der Waals surface area contributed by atoms with E-state index in [-0.39, 0.29) is 51.4 Å². The van der Waals surface area contributed by atoms with Crippen LogP contribution in [0.25, 0.3) is 0 Å². The van der Waals surface area contributed by atoms with E-state index in [0.29, 0.717) is 90.5 Å². The largest absolute Gasteiger partial charge is 0.496 e. The average Bonchev–Trinajstić information content (AvgIpc) is 0.779. The lowest BCUT2D eigenvalue weighted by molar-refractivity contribution is 0.396. The number of methoxy groups -OCH3 is 8. The Morgan fingerprint density at radius 3 is 0.324 bits per heavy atom. The number of hydrogen-bond donors (Lipinski definition) is 0. The number of fused-ring (bicyclic) bond motifs is 16. The summed E-state index contributed by atoms with van der Waals surface area (Å²) in [7, 11) is 13.6. The molecule has 1 aliphatic rings. The van der Waals surface area contributed by atoms with Crippen molar-refractivity contribution in [3.63, 3.8) is 0 Å². The minimum Gasteiger partial charge on any atom is -0.496 e. The van der Waals surface area contributed by atoms with Gasteiger partial charge in [0.15, 0.2) is 0 Å². The minimum absolute atomic E-state index is 0.270. The highest BCUT2D eigenvalue weighted by Gasteiger charge is 2.27. The van der Waals surface area contributed by atoms with E-state index in [0.717, 1.165) is 134 Å². The maximum Gasteiger partial charge on any atom is 0.126 e. The van der Waals surface area contributed by atoms with Crippen molar-refractivity contribution in [2.24, 2.45) is 0 Å². The summed E-state index contributed by atoms with van der Waals surface area (Å²) in [5, 5.41) is 0. The lowest BCUT2D eigenvalue weighted by atomic mass is 9.88. The minimum atomic E-state index is 0.270. The van der Waals surface area contributed by atoms with Crippen LogP contribution in [0.4, 0.5) is 0 Å². The molecule has 16 bridgehead atoms. The zero-order valence-electron chi connectivity index (χ0n) is 76.2. The maximum absolute atomic E-state index is 6.81. The van der Waals surface area contributed by atoms with Gasteiger partial charge in [-0.05, 0) is 194 Å². The molecule has 0 N–H and O–H groups in total. The number of pyridine rings is 8. The van der Waals surface area contributed by atoms with E-state index in [9.17, 15) is 0 Å². The first-order valence-electron chi connectivity index (χ1n) is 43.9. The fourth-order valence-electron chi connectivity index (χ4n) is 17.1. The molecule has 16 aromatic rings. The van der Waals surface area contributed by atoms with Crippen LogP contribution in [0.1, 0.15) is 178 Å². The van der Waals surface area contributed by atoms with E-state index in [1.807, 2.05) is 97.1 Å². The van der Waals surface area contributed by atoms with Crippen LogP contribution in [0.15, 0.2) is 293 Å². The van der Waals surface area contributed by atoms with Crippen LogP contribution < -0.4 is 37.9 Å². The highest BCUT2D eigenvalue weighted by molar-refractivity contribution is 5.67. The number of nitrogens with zero attached hydrogens (tertiary/aromatic N) is 8. The van der Waals surface area contributed by atoms with Crippen molar-refractivity contribution in [2.45, 2.75) is 51.4 Å². The third kappa shape index (κ3) is 22.3. The molecule has 0 aliphatic heterocycles. The third-order valence-electron chi connectivity index (χ3n) is 22.7. The van der Waals surface area contributed by atoms with Gasteiger partial charge in [-0.1, -0.05) is 94.7 Å². The van der Waals surface area contributed by atoms with Gasteiger partial charge >= 0.3 is 0 Å². The molecular weight excluding hydrogens is 1680 g/mol. The predicted molar refractivity (Wildman–Crippen MR) is 528 cm³/mol. The summed E-state index contributed by atoms with van der Waals surface area (Å²) in [6.45, 7) is 0. The molecule has 8 aromatic heterocycles. The average molecular weight is 1770 g/mol. The molecule has 0 saturated heterocycles. The highest BCUT2D eigenvalue weighted by Crippen LogP contribution is 2.44. The van der Waals surface area contributed by atoms with Gasteiger partial charge in [-0.2, -0.15) is 0 Å². The molecule has 0 spiro atoms. The standard InChI is InChI=1S/C120H88N8O8/c1-129-113-97-49-89(33-25-81-17-9-41-121-73-81)50-98(113)66-100-52-91(35-27-83-19-11-43-123-75-83)54-102(115(100)131-3)68-104-56-93(37-29-85-21-13-45-125-77-85)58-106(117(104)133-5)70-108-60-95(39-31-87-23-15-47-127-79-87)62-110(119(108)135-7)72-112-64-96(40-32-88-24-16-48-128-80-88)63-111(120(112)136-8)71-109-61-94(38-30-86-22-14-46-126-78-86)59-107(118(109)134-6)69-105-57-92(36-28-84-20-12-44-124-76-84)55-103(116(105)132-4)67-101-53-90(51-99(65-97)114(101)130-2)34-26-82-18-10-42-122-74-82/h9-24,41-64,73-80H,65-72H2,1-8H3. The molecule has 0 radical (unpaired) electrons. The molecule has 0 unspecified atom stereocenters. The van der Waals surface area contributed by atoms with E-state index in [1.165, 1.54) is 0 Å². The van der Waals surface area contributed by atoms with E-state index in [1.54, 1.807) is 156 Å². The van der Waals surface area contributed by atoms with Crippen molar-refractivity contribution in [3.8, 4) is 141 Å². The molecule has 1 aliphatic carbocycles. The van der Waals surface area contributed by atoms with Crippen LogP contribution in [-0.2, 0) is 51.4 Å². The molecule has 136 heavy (non-hydrogen) atoms. The Bertz CT molecular complexity index is 6160. The SMILES string of the molecule is COc1c2cc(C#Cc3cccnc3)cc1Cc1cc(C#Cc3cccnc3)cc(c1OC)Cc1cc(C#Cc3cccnc3)cc(c1OC)Cc1cc(C#Cc3cccnc3)cc(c1OC)Cc1cc(C#Cc3cccnc3)cc(c1OC)Cc1cc(C#Cc3cccnc3)cc(c1OC)Cc1cc(C#Cc3cccnc3)cc(c1OC)Cc1cc(C#Cc3cccnc3)cc(c1OC)C2. The fraction of sp³-hybridized carbons (Fsp3) is 0.133. The summed E-state index contributed by atoms with van der Waals surface area (Å²) in [5.41, 5.74) is 24.5. The van der Waals surface area contributed by atoms with Crippen LogP contribution in [-0.4, -0.2) is 96.8 Å². The summed E-state index contributed by atoms with van der Waals surface area (Å²) in [5.74, 6) is 60.7. The zero-order valence-corrected chi connectivity index (χ0v) is 76.2. The smallest absolute Gasteiger partial charge is 0.126 e. The van der Waals surface area contributed by atoms with Crippen LogP contribution in [0.3, 0.4) is 0 Å². The molecular formula is C120H88N8O8. The normalized spacial score (nSPS) is 11.1. The lowest BCUT2D eigenvalue weighted by Crippen LogP contribution is -2.08. The molecule has 8 aromatic carbocycles. The molecule has 0 fully saturated rings. The second-order valence-corrected chi connectivity index (χ2v) is 32.0. The Hall–Kier alpha value is -18.2. The second kappa shape index (κ2) is 43.5. The topological polar surface area (TPSA) is 177 Å². The van der Waals surface area contributed by atoms with Crippen LogP contribution in [0.5, 0.6) is 46.0 Å². The molecule has 0 saturated carbocycles. The highest BCUT2D eigenvalue weighted by atomic mass is 16.5. The van der Waals surface area contributed by atoms with E-state index in [2.05, 4.69) is 232 Å². The summed E-state index contributed by atoms with van der Waals surface area (Å²) < 4.78 is 54.4. The Morgan fingerprint density at radius 2 is 0.243 bits per heavy atom. The van der Waals surface area contributed by atoms with E-state index in [4.69, 9.17) is 37.9 Å². The quantitative estimate of drug-likeness (QED) is 0.131. The van der Waals surface area contributed by atoms with Crippen molar-refractivity contribution >= 4 is 0 Å². The van der Waals surface area contributed by atoms with Crippen molar-refractivity contribution in [1.82, 2.24) is 39.9 Å². The van der Waals surface area contributed by atoms with Gasteiger partial charge in [0.2, 0.25) is 0 Å². The predicted octanol–water partition coefficient (Wildman–Crippen LogP) is 19.2. The number of aromatic nitrogens is 8. The molecule has 0 amide bonds. The first kappa shape index (κ1) is 89.8. The van der Waals surface area contributed by atoms with Gasteiger partial charge in [0, 0.05) is 329 Å². The van der Waals surface area contributed by atoms with Gasteiger partial charge in [0.25, 0.3) is 0 Å². The Balaban J connectivity index is 0.945. The Morgan fingerprint density at radius 1 is 0.147 bits per heavy atom. The Kier molecular flexibility index (Phi) is 28.7. The van der Waals surface area contributed by atoms with Gasteiger partial charge in [-0.25, -0.2) is 0 Å². The lowest BCUT2D eigenvalue weighted by Gasteiger charge is -2.22. The second-order valence-electron chi connectivity index (χ2n) is 32.0. The molecule has 16 heteroatoms. The number of rotatable bonds is 8. The van der Waals surface area contributed by atoms with Gasteiger partial charge in [-0.15, -0.1) is 0 Å². The van der Waals surface area contributed by atoms with Gasteiger partial charge in [0.1, 0.15) is 46.0 Å². The summed E-state index contributed by atoms with van der Waals surface area (Å²) >= 11 is 0. The number of ether oxygens (including phenoxy) is 8. The fourth-order valence-corrected chi connectivity index (χ4v) is 17.1. The molecule has 0 atom stereocenters. The van der Waals surface area contributed by atoms with Crippen LogP contribution in [0.2, 0.25) is 0 Å². The van der Waals surface area contributed by atoms with Gasteiger partial charge < -0.3 is 37.9 Å². The van der Waals surface area contributed by atoms with Crippen molar-refractivity contribution in [3.05, 3.63) is 471 Å². The summed E-state index contributed by atoms with van der Waals surface area (Å²) in [6.07, 6.45) is 30.1. The molecule has 656 valence electrons. The Labute approximate surface area is 793 Å². The van der Waals surface area contributed by atoms with Crippen molar-refractivity contribution < 1.29 is 37.9 Å². The number of benzene rings is 8. The van der Waals surface area contributed by atoms with E-state index >= 15 is 0 Å². The zero-order chi connectivity index (χ0) is 93.3. The third-order valence-corrected chi connectivity index (χ3v) is 22.7. The van der Waals surface area contributed by atoms with Crippen molar-refractivity contribution in [1.29, 1.82) is 0 Å². The van der Waals surface area contributed by atoms with Crippen LogP contribution in [0, 0.1) is 94.7 Å². The number of hydrogen-bond acceptors (Lipinski definition) is 16. The first-order valence-corrected chi connectivity index (χ1v) is 43.9. The van der Waals surface area contributed by atoms with Crippen LogP contribution >= 0.6 is 0 Å². The van der Waals surface area contributed by atoms with E-state index < -0.39 is 0 Å². The first-order chi connectivity index (χ1) is 66.9. The summed E-state index contributed by atoms with van der Waals surface area (Å²) in [4.78, 5) is 35.5. The maximum atomic E-state index is 6.81. The molecule has 17 rings (SSSR count). The van der Waals surface area contributed by atoms with Gasteiger partial charge in [0.05, 0.1) is 56.9 Å². The molecule has 16 nitrogen and oxygen atoms in total. The summed E-state index contributed by atoms with van der Waals surface area (Å²) in [6, 6.07) is 63.9. The molecule has 8 heterocycles. The van der Waals surface area contributed by atoms with Gasteiger partial charge in [-0.3, -0.25) is 39.9 Å². The monoisotopic (exact) mass is 1770 g/mol.